The third-order valence-electron chi connectivity index (χ3n) is 7.85. The molecule has 156 valence electrons. The molecule has 0 radical (unpaired) electrons. The maximum atomic E-state index is 13.0. The van der Waals surface area contributed by atoms with Gasteiger partial charge in [-0.15, -0.1) is 5.75 Å². The first-order valence-corrected chi connectivity index (χ1v) is 11.2. The van der Waals surface area contributed by atoms with Gasteiger partial charge in [0.1, 0.15) is 0 Å². The zero-order chi connectivity index (χ0) is 21.0. The summed E-state index contributed by atoms with van der Waals surface area (Å²) in [7, 11) is 0. The average Bonchev–Trinajstić information content (AvgIpc) is 2.66. The molecule has 0 amide bonds. The number of hydrogen-bond donors (Lipinski definition) is 1. The van der Waals surface area contributed by atoms with Crippen LogP contribution in [0.5, 0.6) is 5.75 Å². The molecule has 2 aromatic carbocycles. The van der Waals surface area contributed by atoms with Gasteiger partial charge in [-0.3, -0.25) is 0 Å². The lowest BCUT2D eigenvalue weighted by Crippen LogP contribution is -2.48. The summed E-state index contributed by atoms with van der Waals surface area (Å²) >= 11 is 0. The van der Waals surface area contributed by atoms with Gasteiger partial charge in [-0.05, 0) is 115 Å². The molecule has 4 saturated carbocycles. The zero-order valence-electron chi connectivity index (χ0n) is 17.8. The van der Waals surface area contributed by atoms with Crippen molar-refractivity contribution in [2.45, 2.75) is 57.8 Å². The normalized spacial score (nSPS) is 29.6. The van der Waals surface area contributed by atoms with E-state index in [1.54, 1.807) is 12.1 Å². The molecule has 0 unspecified atom stereocenters. The molecule has 0 spiro atoms. The van der Waals surface area contributed by atoms with Crippen LogP contribution in [0.3, 0.4) is 0 Å². The first-order chi connectivity index (χ1) is 14.3. The van der Waals surface area contributed by atoms with E-state index in [0.717, 1.165) is 51.1 Å². The second kappa shape index (κ2) is 7.01. The van der Waals surface area contributed by atoms with E-state index >= 15 is 0 Å². The van der Waals surface area contributed by atoms with Crippen LogP contribution in [0.4, 0.5) is 0 Å². The Bertz CT molecular complexity index is 988. The Morgan fingerprint density at radius 3 is 2.10 bits per heavy atom. The van der Waals surface area contributed by atoms with Crippen LogP contribution in [0.25, 0.3) is 17.2 Å². The number of rotatable bonds is 4. The molecule has 4 aliphatic carbocycles. The lowest BCUT2D eigenvalue weighted by atomic mass is 9.48. The van der Waals surface area contributed by atoms with Crippen LogP contribution >= 0.6 is 0 Å². The van der Waals surface area contributed by atoms with Crippen LogP contribution in [-0.2, 0) is 10.2 Å². The van der Waals surface area contributed by atoms with Gasteiger partial charge in [-0.2, -0.15) is 0 Å². The predicted molar refractivity (Wildman–Crippen MR) is 117 cm³/mol. The molecule has 1 N–H and O–H groups in total. The van der Waals surface area contributed by atoms with Crippen molar-refractivity contribution in [1.82, 2.24) is 0 Å². The summed E-state index contributed by atoms with van der Waals surface area (Å²) in [5, 5.41) is 21.9. The SMILES string of the molecule is Cc1cc(/C=C/C(=O)O)cc(C)c1-c1ccc([O-])c(C23CC4CC(CC(C4)C2)C3)c1. The second-order valence-corrected chi connectivity index (χ2v) is 10.1. The summed E-state index contributed by atoms with van der Waals surface area (Å²) < 4.78 is 0. The molecule has 0 aliphatic heterocycles. The zero-order valence-corrected chi connectivity index (χ0v) is 17.8. The van der Waals surface area contributed by atoms with Crippen LogP contribution in [0.15, 0.2) is 36.4 Å². The maximum Gasteiger partial charge on any atom is 0.328 e. The highest BCUT2D eigenvalue weighted by molar-refractivity contribution is 5.86. The van der Waals surface area contributed by atoms with Gasteiger partial charge < -0.3 is 10.2 Å². The fourth-order valence-corrected chi connectivity index (χ4v) is 7.26. The van der Waals surface area contributed by atoms with Crippen molar-refractivity contribution in [1.29, 1.82) is 0 Å². The third kappa shape index (κ3) is 3.25. The summed E-state index contributed by atoms with van der Waals surface area (Å²) in [6.45, 7) is 4.13. The van der Waals surface area contributed by atoms with Gasteiger partial charge in [0.15, 0.2) is 0 Å². The van der Waals surface area contributed by atoms with Crippen molar-refractivity contribution in [3.63, 3.8) is 0 Å². The molecule has 30 heavy (non-hydrogen) atoms. The number of carboxylic acids is 1. The van der Waals surface area contributed by atoms with Crippen molar-refractivity contribution in [3.8, 4) is 16.9 Å². The Morgan fingerprint density at radius 2 is 1.57 bits per heavy atom. The molecule has 3 heteroatoms. The molecule has 4 aliphatic rings. The van der Waals surface area contributed by atoms with E-state index in [-0.39, 0.29) is 11.2 Å². The summed E-state index contributed by atoms with van der Waals surface area (Å²) in [5.74, 6) is 1.69. The minimum absolute atomic E-state index is 0.0911. The Morgan fingerprint density at radius 1 is 1.00 bits per heavy atom. The highest BCUT2D eigenvalue weighted by atomic mass is 16.4. The molecule has 4 fully saturated rings. The third-order valence-corrected chi connectivity index (χ3v) is 7.85. The van der Waals surface area contributed by atoms with Crippen LogP contribution in [0, 0.1) is 31.6 Å². The van der Waals surface area contributed by atoms with E-state index in [9.17, 15) is 9.90 Å². The summed E-state index contributed by atoms with van der Waals surface area (Å²) in [5.41, 5.74) is 6.52. The number of carboxylic acid groups (broad SMARTS) is 1. The Balaban J connectivity index is 1.55. The van der Waals surface area contributed by atoms with Gasteiger partial charge in [-0.25, -0.2) is 4.79 Å². The van der Waals surface area contributed by atoms with E-state index in [1.165, 1.54) is 44.6 Å². The molecule has 0 saturated heterocycles. The number of hydrogen-bond acceptors (Lipinski definition) is 2. The van der Waals surface area contributed by atoms with Crippen LogP contribution in [0.2, 0.25) is 0 Å². The van der Waals surface area contributed by atoms with Gasteiger partial charge in [0, 0.05) is 6.08 Å². The lowest BCUT2D eigenvalue weighted by molar-refractivity contribution is -0.271. The van der Waals surface area contributed by atoms with Crippen LogP contribution < -0.4 is 5.11 Å². The van der Waals surface area contributed by atoms with Gasteiger partial charge in [0.25, 0.3) is 0 Å². The summed E-state index contributed by atoms with van der Waals surface area (Å²) in [6, 6.07) is 9.99. The van der Waals surface area contributed by atoms with Crippen molar-refractivity contribution < 1.29 is 15.0 Å². The molecule has 0 heterocycles. The maximum absolute atomic E-state index is 13.0. The first kappa shape index (κ1) is 19.4. The largest absolute Gasteiger partial charge is 0.872 e. The van der Waals surface area contributed by atoms with Crippen molar-refractivity contribution in [2.75, 3.05) is 0 Å². The molecule has 6 rings (SSSR count). The molecule has 0 atom stereocenters. The smallest absolute Gasteiger partial charge is 0.328 e. The Labute approximate surface area is 178 Å². The predicted octanol–water partition coefficient (Wildman–Crippen LogP) is 5.61. The minimum Gasteiger partial charge on any atom is -0.872 e. The Hall–Kier alpha value is -2.55. The number of aliphatic carboxylic acids is 1. The van der Waals surface area contributed by atoms with Crippen molar-refractivity contribution in [2.24, 2.45) is 17.8 Å². The fraction of sp³-hybridized carbons (Fsp3) is 0.444. The summed E-state index contributed by atoms with van der Waals surface area (Å²) in [6.07, 6.45) is 10.5. The van der Waals surface area contributed by atoms with Gasteiger partial charge in [-0.1, -0.05) is 30.3 Å². The highest BCUT2D eigenvalue weighted by Crippen LogP contribution is 2.61. The summed E-state index contributed by atoms with van der Waals surface area (Å²) in [4.78, 5) is 10.8. The second-order valence-electron chi connectivity index (χ2n) is 10.1. The lowest BCUT2D eigenvalue weighted by Gasteiger charge is -2.58. The van der Waals surface area contributed by atoms with E-state index in [2.05, 4.69) is 19.9 Å². The molecule has 0 aromatic heterocycles. The highest BCUT2D eigenvalue weighted by Gasteiger charge is 2.51. The molecular weight excluding hydrogens is 372 g/mol. The molecular formula is C27H29O3-. The van der Waals surface area contributed by atoms with Gasteiger partial charge >= 0.3 is 5.97 Å². The molecule has 4 bridgehead atoms. The van der Waals surface area contributed by atoms with Crippen molar-refractivity contribution >= 4 is 12.0 Å². The fourth-order valence-electron chi connectivity index (χ4n) is 7.26. The van der Waals surface area contributed by atoms with Crippen LogP contribution in [0.1, 0.15) is 60.8 Å². The minimum atomic E-state index is -0.944. The van der Waals surface area contributed by atoms with Crippen molar-refractivity contribution in [3.05, 3.63) is 58.7 Å². The average molecular weight is 402 g/mol. The number of benzene rings is 2. The van der Waals surface area contributed by atoms with Crippen LogP contribution in [-0.4, -0.2) is 11.1 Å². The van der Waals surface area contributed by atoms with E-state index in [0.29, 0.717) is 0 Å². The quantitative estimate of drug-likeness (QED) is 0.678. The monoisotopic (exact) mass is 401 g/mol. The topological polar surface area (TPSA) is 60.4 Å². The van der Waals surface area contributed by atoms with E-state index in [1.807, 2.05) is 18.2 Å². The van der Waals surface area contributed by atoms with E-state index < -0.39 is 5.97 Å². The standard InChI is InChI=1S/C27H30O3/c1-16-7-18(3-6-25(29)30)8-17(2)26(16)22-4-5-24(28)23(12-22)27-13-19-9-20(14-27)11-21(10-19)15-27/h3-8,12,19-21,28H,9-11,13-15H2,1-2H3,(H,29,30)/p-1/b6-3+. The first-order valence-electron chi connectivity index (χ1n) is 11.2. The van der Waals surface area contributed by atoms with Gasteiger partial charge in [0.2, 0.25) is 0 Å². The number of carbonyl (C=O) groups is 1. The number of aryl methyl sites for hydroxylation is 2. The molecule has 3 nitrogen and oxygen atoms in total. The Kier molecular flexibility index (Phi) is 4.53. The molecule has 2 aromatic rings. The van der Waals surface area contributed by atoms with Gasteiger partial charge in [0.05, 0.1) is 0 Å². The van der Waals surface area contributed by atoms with E-state index in [4.69, 9.17) is 5.11 Å².